The van der Waals surface area contributed by atoms with Crippen molar-refractivity contribution in [3.05, 3.63) is 55.0 Å². The molecule has 5 heterocycles. The lowest BCUT2D eigenvalue weighted by Gasteiger charge is -2.23. The average molecular weight is 409 g/mol. The first-order chi connectivity index (χ1) is 15.3. The zero-order chi connectivity index (χ0) is 21.2. The number of aromatic nitrogens is 6. The number of nitrogens with one attached hydrogen (secondary N) is 1. The SMILES string of the molecule is N#CCC(C1CCN(c2cccnc2C#N)C1)n1cc(-c2ncnc3[nH]ccc23)cn1. The molecule has 31 heavy (non-hydrogen) atoms. The molecule has 0 amide bonds. The summed E-state index contributed by atoms with van der Waals surface area (Å²) in [7, 11) is 0. The fourth-order valence-electron chi connectivity index (χ4n) is 4.37. The van der Waals surface area contributed by atoms with Crippen molar-refractivity contribution in [3.8, 4) is 23.4 Å². The van der Waals surface area contributed by atoms with E-state index in [0.29, 0.717) is 12.1 Å². The van der Waals surface area contributed by atoms with Gasteiger partial charge < -0.3 is 9.88 Å². The quantitative estimate of drug-likeness (QED) is 0.537. The summed E-state index contributed by atoms with van der Waals surface area (Å²) >= 11 is 0. The van der Waals surface area contributed by atoms with Crippen LogP contribution in [0.1, 0.15) is 24.6 Å². The zero-order valence-corrected chi connectivity index (χ0v) is 16.7. The normalized spacial score (nSPS) is 16.8. The Balaban J connectivity index is 1.42. The van der Waals surface area contributed by atoms with Crippen LogP contribution < -0.4 is 4.90 Å². The summed E-state index contributed by atoms with van der Waals surface area (Å²) in [5, 5.41) is 24.4. The maximum Gasteiger partial charge on any atom is 0.163 e. The number of nitrogens with zero attached hydrogens (tertiary/aromatic N) is 8. The van der Waals surface area contributed by atoms with E-state index in [9.17, 15) is 10.5 Å². The van der Waals surface area contributed by atoms with E-state index in [1.54, 1.807) is 12.4 Å². The van der Waals surface area contributed by atoms with E-state index in [2.05, 4.69) is 42.1 Å². The van der Waals surface area contributed by atoms with E-state index in [1.807, 2.05) is 35.3 Å². The third kappa shape index (κ3) is 3.36. The molecule has 2 unspecified atom stereocenters. The molecule has 0 radical (unpaired) electrons. The van der Waals surface area contributed by atoms with Crippen LogP contribution in [0.15, 0.2) is 49.3 Å². The van der Waals surface area contributed by atoms with Crippen LogP contribution in [-0.4, -0.2) is 42.8 Å². The number of H-pyrrole nitrogens is 1. The van der Waals surface area contributed by atoms with Gasteiger partial charge in [-0.25, -0.2) is 15.0 Å². The maximum absolute atomic E-state index is 9.48. The van der Waals surface area contributed by atoms with Crippen LogP contribution in [0.5, 0.6) is 0 Å². The van der Waals surface area contributed by atoms with Crippen molar-refractivity contribution in [2.75, 3.05) is 18.0 Å². The number of fused-ring (bicyclic) bond motifs is 1. The van der Waals surface area contributed by atoms with Crippen molar-refractivity contribution in [3.63, 3.8) is 0 Å². The molecule has 1 aliphatic heterocycles. The molecule has 4 aromatic rings. The molecule has 9 nitrogen and oxygen atoms in total. The molecule has 0 aromatic carbocycles. The van der Waals surface area contributed by atoms with E-state index in [1.165, 1.54) is 6.33 Å². The summed E-state index contributed by atoms with van der Waals surface area (Å²) in [5.41, 5.74) is 3.77. The second kappa shape index (κ2) is 7.88. The first-order valence-corrected chi connectivity index (χ1v) is 10.1. The van der Waals surface area contributed by atoms with Gasteiger partial charge in [-0.2, -0.15) is 15.6 Å². The Morgan fingerprint density at radius 1 is 1.23 bits per heavy atom. The van der Waals surface area contributed by atoms with Crippen LogP contribution in [0.25, 0.3) is 22.3 Å². The van der Waals surface area contributed by atoms with E-state index in [-0.39, 0.29) is 12.0 Å². The number of hydrogen-bond acceptors (Lipinski definition) is 7. The molecule has 1 aliphatic rings. The molecule has 0 spiro atoms. The molecular formula is C22H19N9. The van der Waals surface area contributed by atoms with Crippen molar-refractivity contribution < 1.29 is 0 Å². The van der Waals surface area contributed by atoms with Gasteiger partial charge in [0.1, 0.15) is 18.0 Å². The van der Waals surface area contributed by atoms with E-state index >= 15 is 0 Å². The highest BCUT2D eigenvalue weighted by molar-refractivity contribution is 5.89. The van der Waals surface area contributed by atoms with Crippen molar-refractivity contribution >= 4 is 16.7 Å². The number of nitriles is 2. The number of aromatic amines is 1. The van der Waals surface area contributed by atoms with E-state index in [0.717, 1.165) is 47.5 Å². The van der Waals surface area contributed by atoms with E-state index in [4.69, 9.17) is 0 Å². The Kier molecular flexibility index (Phi) is 4.77. The predicted molar refractivity (Wildman–Crippen MR) is 114 cm³/mol. The molecule has 0 aliphatic carbocycles. The van der Waals surface area contributed by atoms with Gasteiger partial charge in [0.2, 0.25) is 0 Å². The van der Waals surface area contributed by atoms with Gasteiger partial charge in [-0.15, -0.1) is 0 Å². The standard InChI is InChI=1S/C22H19N9/c23-6-3-19(15-5-9-30(12-15)20-2-1-7-25-18(20)10-24)31-13-16(11-29-31)21-17-4-8-26-22(17)28-14-27-21/h1-2,4,7-8,11,13-15,19H,3,5,9,12H2,(H,26,27,28). The predicted octanol–water partition coefficient (Wildman–Crippen LogP) is 3.07. The Morgan fingerprint density at radius 2 is 2.16 bits per heavy atom. The summed E-state index contributed by atoms with van der Waals surface area (Å²) in [6.07, 6.45) is 10.0. The van der Waals surface area contributed by atoms with Crippen molar-refractivity contribution in [2.24, 2.45) is 5.92 Å². The van der Waals surface area contributed by atoms with Crippen molar-refractivity contribution in [2.45, 2.75) is 18.9 Å². The minimum atomic E-state index is -0.0606. The Morgan fingerprint density at radius 3 is 3.03 bits per heavy atom. The smallest absolute Gasteiger partial charge is 0.163 e. The van der Waals surface area contributed by atoms with Gasteiger partial charge in [-0.3, -0.25) is 4.68 Å². The monoisotopic (exact) mass is 409 g/mol. The van der Waals surface area contributed by atoms with Gasteiger partial charge in [-0.1, -0.05) is 0 Å². The van der Waals surface area contributed by atoms with E-state index < -0.39 is 0 Å². The van der Waals surface area contributed by atoms with Gasteiger partial charge in [0.05, 0.1) is 36.1 Å². The third-order valence-corrected chi connectivity index (χ3v) is 5.87. The van der Waals surface area contributed by atoms with Gasteiger partial charge in [0.25, 0.3) is 0 Å². The third-order valence-electron chi connectivity index (χ3n) is 5.87. The minimum absolute atomic E-state index is 0.0606. The maximum atomic E-state index is 9.48. The Labute approximate surface area is 178 Å². The largest absolute Gasteiger partial charge is 0.369 e. The number of pyridine rings is 1. The van der Waals surface area contributed by atoms with Gasteiger partial charge >= 0.3 is 0 Å². The molecule has 152 valence electrons. The van der Waals surface area contributed by atoms with Crippen LogP contribution in [0.3, 0.4) is 0 Å². The summed E-state index contributed by atoms with van der Waals surface area (Å²) in [5.74, 6) is 0.233. The second-order valence-corrected chi connectivity index (χ2v) is 7.58. The topological polar surface area (TPSA) is 123 Å². The molecule has 1 N–H and O–H groups in total. The Hall–Kier alpha value is -4.24. The fraction of sp³-hybridized carbons (Fsp3) is 0.273. The highest BCUT2D eigenvalue weighted by Gasteiger charge is 2.32. The molecule has 1 fully saturated rings. The fourth-order valence-corrected chi connectivity index (χ4v) is 4.37. The summed E-state index contributed by atoms with van der Waals surface area (Å²) < 4.78 is 1.89. The minimum Gasteiger partial charge on any atom is -0.369 e. The van der Waals surface area contributed by atoms with Crippen LogP contribution in [0, 0.1) is 28.6 Å². The lowest BCUT2D eigenvalue weighted by atomic mass is 9.96. The molecule has 0 saturated carbocycles. The molecule has 5 rings (SSSR count). The molecule has 9 heteroatoms. The molecule has 4 aromatic heterocycles. The molecular weight excluding hydrogens is 390 g/mol. The lowest BCUT2D eigenvalue weighted by Crippen LogP contribution is -2.25. The zero-order valence-electron chi connectivity index (χ0n) is 16.7. The highest BCUT2D eigenvalue weighted by Crippen LogP contribution is 2.34. The number of rotatable bonds is 5. The van der Waals surface area contributed by atoms with Crippen LogP contribution in [0.2, 0.25) is 0 Å². The number of hydrogen-bond donors (Lipinski definition) is 1. The second-order valence-electron chi connectivity index (χ2n) is 7.58. The van der Waals surface area contributed by atoms with Crippen LogP contribution in [0.4, 0.5) is 5.69 Å². The van der Waals surface area contributed by atoms with Gasteiger partial charge in [0.15, 0.2) is 5.69 Å². The average Bonchev–Trinajstić information content (AvgIpc) is 3.57. The first kappa shape index (κ1) is 18.8. The van der Waals surface area contributed by atoms with Crippen molar-refractivity contribution in [1.82, 2.24) is 29.7 Å². The van der Waals surface area contributed by atoms with Gasteiger partial charge in [0, 0.05) is 48.5 Å². The number of anilines is 1. The molecule has 1 saturated heterocycles. The Bertz CT molecular complexity index is 1310. The highest BCUT2D eigenvalue weighted by atomic mass is 15.3. The summed E-state index contributed by atoms with van der Waals surface area (Å²) in [4.78, 5) is 18.1. The molecule has 0 bridgehead atoms. The van der Waals surface area contributed by atoms with Crippen LogP contribution >= 0.6 is 0 Å². The van der Waals surface area contributed by atoms with Crippen LogP contribution in [-0.2, 0) is 0 Å². The summed E-state index contributed by atoms with van der Waals surface area (Å²) in [6.45, 7) is 1.56. The lowest BCUT2D eigenvalue weighted by molar-refractivity contribution is 0.332. The molecule has 2 atom stereocenters. The van der Waals surface area contributed by atoms with Crippen molar-refractivity contribution in [1.29, 1.82) is 10.5 Å². The van der Waals surface area contributed by atoms with Gasteiger partial charge in [-0.05, 0) is 24.6 Å². The summed E-state index contributed by atoms with van der Waals surface area (Å²) in [6, 6.07) is 10.2. The first-order valence-electron chi connectivity index (χ1n) is 10.1.